The summed E-state index contributed by atoms with van der Waals surface area (Å²) in [5, 5.41) is 3.90. The first-order valence-corrected chi connectivity index (χ1v) is 12.2. The van der Waals surface area contributed by atoms with Gasteiger partial charge in [0.25, 0.3) is 5.91 Å². The Bertz CT molecular complexity index is 721. The molecule has 1 aromatic rings. The van der Waals surface area contributed by atoms with Gasteiger partial charge in [0.15, 0.2) is 0 Å². The summed E-state index contributed by atoms with van der Waals surface area (Å²) in [7, 11) is 0. The standard InChI is InChI=1S/C25H37N3O/c29-25(28-15-5-8-24(28)18-27-13-3-4-14-27)21-10-9-20-17-23(12-11-19(20)16-21)26-22-6-1-2-7-22/h9-10,16,22-24,26H,1-8,11-15,17-18H2/t23?,24-/m0/s1. The van der Waals surface area contributed by atoms with Crippen molar-refractivity contribution >= 4 is 5.91 Å². The predicted molar refractivity (Wildman–Crippen MR) is 117 cm³/mol. The van der Waals surface area contributed by atoms with Crippen LogP contribution in [-0.2, 0) is 12.8 Å². The third-order valence-electron chi connectivity index (χ3n) is 7.81. The van der Waals surface area contributed by atoms with E-state index < -0.39 is 0 Å². The van der Waals surface area contributed by atoms with E-state index in [1.807, 2.05) is 0 Å². The minimum atomic E-state index is 0.265. The summed E-state index contributed by atoms with van der Waals surface area (Å²) in [6.45, 7) is 4.44. The number of amides is 1. The molecule has 29 heavy (non-hydrogen) atoms. The molecule has 4 aliphatic rings. The van der Waals surface area contributed by atoms with Crippen molar-refractivity contribution in [2.75, 3.05) is 26.2 Å². The molecule has 0 bridgehead atoms. The molecule has 1 saturated carbocycles. The Morgan fingerprint density at radius 1 is 0.897 bits per heavy atom. The quantitative estimate of drug-likeness (QED) is 0.824. The molecule has 1 N–H and O–H groups in total. The average Bonchev–Trinajstić information content (AvgIpc) is 3.51. The number of carbonyl (C=O) groups is 1. The van der Waals surface area contributed by atoms with Gasteiger partial charge in [-0.05, 0) is 94.1 Å². The number of nitrogens with zero attached hydrogens (tertiary/aromatic N) is 2. The van der Waals surface area contributed by atoms with Crippen LogP contribution in [0.3, 0.4) is 0 Å². The average molecular weight is 396 g/mol. The number of carbonyl (C=O) groups excluding carboxylic acids is 1. The van der Waals surface area contributed by atoms with Gasteiger partial charge >= 0.3 is 0 Å². The molecule has 4 heteroatoms. The van der Waals surface area contributed by atoms with Crippen LogP contribution in [-0.4, -0.2) is 60.0 Å². The highest BCUT2D eigenvalue weighted by Crippen LogP contribution is 2.28. The Labute approximate surface area is 176 Å². The first kappa shape index (κ1) is 19.6. The number of nitrogens with one attached hydrogen (secondary N) is 1. The van der Waals surface area contributed by atoms with Gasteiger partial charge in [-0.3, -0.25) is 4.79 Å². The van der Waals surface area contributed by atoms with Crippen molar-refractivity contribution in [1.82, 2.24) is 15.1 Å². The monoisotopic (exact) mass is 395 g/mol. The minimum absolute atomic E-state index is 0.265. The van der Waals surface area contributed by atoms with Crippen molar-refractivity contribution < 1.29 is 4.79 Å². The van der Waals surface area contributed by atoms with E-state index in [2.05, 4.69) is 33.3 Å². The summed E-state index contributed by atoms with van der Waals surface area (Å²) >= 11 is 0. The van der Waals surface area contributed by atoms with Gasteiger partial charge in [-0.25, -0.2) is 0 Å². The number of likely N-dealkylation sites (tertiary alicyclic amines) is 2. The Balaban J connectivity index is 1.23. The minimum Gasteiger partial charge on any atom is -0.334 e. The summed E-state index contributed by atoms with van der Waals surface area (Å²) in [5.41, 5.74) is 3.79. The number of aryl methyl sites for hydroxylation is 1. The Morgan fingerprint density at radius 3 is 2.55 bits per heavy atom. The fraction of sp³-hybridized carbons (Fsp3) is 0.720. The van der Waals surface area contributed by atoms with Gasteiger partial charge in [0.1, 0.15) is 0 Å². The molecule has 1 unspecified atom stereocenters. The van der Waals surface area contributed by atoms with Gasteiger partial charge in [0.05, 0.1) is 0 Å². The van der Waals surface area contributed by atoms with Crippen molar-refractivity contribution in [3.05, 3.63) is 34.9 Å². The normalized spacial score (nSPS) is 28.2. The van der Waals surface area contributed by atoms with E-state index in [9.17, 15) is 4.79 Å². The van der Waals surface area contributed by atoms with Crippen LogP contribution in [0.2, 0.25) is 0 Å². The molecule has 0 spiro atoms. The highest BCUT2D eigenvalue weighted by molar-refractivity contribution is 5.95. The van der Waals surface area contributed by atoms with Crippen LogP contribution in [0.5, 0.6) is 0 Å². The lowest BCUT2D eigenvalue weighted by Crippen LogP contribution is -2.42. The van der Waals surface area contributed by atoms with Gasteiger partial charge in [-0.1, -0.05) is 18.9 Å². The van der Waals surface area contributed by atoms with Crippen LogP contribution in [0.4, 0.5) is 0 Å². The first-order chi connectivity index (χ1) is 14.3. The second kappa shape index (κ2) is 8.77. The molecule has 2 aliphatic carbocycles. The maximum absolute atomic E-state index is 13.3. The van der Waals surface area contributed by atoms with Crippen molar-refractivity contribution in [1.29, 1.82) is 0 Å². The second-order valence-electron chi connectivity index (χ2n) is 9.87. The summed E-state index contributed by atoms with van der Waals surface area (Å²) < 4.78 is 0. The largest absolute Gasteiger partial charge is 0.334 e. The maximum Gasteiger partial charge on any atom is 0.254 e. The van der Waals surface area contributed by atoms with Gasteiger partial charge in [0.2, 0.25) is 0 Å². The molecule has 1 aromatic carbocycles. The molecule has 5 rings (SSSR count). The summed E-state index contributed by atoms with van der Waals surface area (Å²) in [6.07, 6.45) is 13.9. The lowest BCUT2D eigenvalue weighted by atomic mass is 9.86. The predicted octanol–water partition coefficient (Wildman–Crippen LogP) is 3.78. The maximum atomic E-state index is 13.3. The van der Waals surface area contributed by atoms with E-state index in [0.717, 1.165) is 44.0 Å². The summed E-state index contributed by atoms with van der Waals surface area (Å²) in [5.74, 6) is 0.265. The molecule has 3 fully saturated rings. The van der Waals surface area contributed by atoms with Crippen LogP contribution in [0.1, 0.15) is 79.3 Å². The Hall–Kier alpha value is -1.39. The molecule has 4 nitrogen and oxygen atoms in total. The van der Waals surface area contributed by atoms with Crippen molar-refractivity contribution in [3.8, 4) is 0 Å². The number of hydrogen-bond donors (Lipinski definition) is 1. The molecule has 1 amide bonds. The van der Waals surface area contributed by atoms with Crippen molar-refractivity contribution in [2.45, 2.75) is 88.8 Å². The molecule has 0 radical (unpaired) electrons. The summed E-state index contributed by atoms with van der Waals surface area (Å²) in [6, 6.07) is 8.34. The van der Waals surface area contributed by atoms with Crippen molar-refractivity contribution in [2.24, 2.45) is 0 Å². The topological polar surface area (TPSA) is 35.6 Å². The van der Waals surface area contributed by atoms with Crippen LogP contribution in [0, 0.1) is 0 Å². The third kappa shape index (κ3) is 4.39. The third-order valence-corrected chi connectivity index (χ3v) is 7.81. The van der Waals surface area contributed by atoms with Gasteiger partial charge in [-0.15, -0.1) is 0 Å². The first-order valence-electron chi connectivity index (χ1n) is 12.2. The van der Waals surface area contributed by atoms with Gasteiger partial charge in [-0.2, -0.15) is 0 Å². The number of rotatable bonds is 5. The van der Waals surface area contributed by atoms with E-state index in [0.29, 0.717) is 12.1 Å². The molecule has 0 aromatic heterocycles. The molecule has 158 valence electrons. The number of hydrogen-bond acceptors (Lipinski definition) is 3. The Kier molecular flexibility index (Phi) is 5.92. The molecule has 2 saturated heterocycles. The van der Waals surface area contributed by atoms with E-state index in [1.54, 1.807) is 0 Å². The smallest absolute Gasteiger partial charge is 0.254 e. The Morgan fingerprint density at radius 2 is 1.72 bits per heavy atom. The zero-order valence-electron chi connectivity index (χ0n) is 17.9. The zero-order chi connectivity index (χ0) is 19.6. The highest BCUT2D eigenvalue weighted by atomic mass is 16.2. The van der Waals surface area contributed by atoms with Crippen LogP contribution in [0.15, 0.2) is 18.2 Å². The zero-order valence-corrected chi connectivity index (χ0v) is 17.9. The molecule has 2 atom stereocenters. The van der Waals surface area contributed by atoms with Gasteiger partial charge in [0, 0.05) is 36.8 Å². The summed E-state index contributed by atoms with van der Waals surface area (Å²) in [4.78, 5) is 18.0. The van der Waals surface area contributed by atoms with E-state index in [1.165, 1.54) is 75.6 Å². The van der Waals surface area contributed by atoms with E-state index >= 15 is 0 Å². The fourth-order valence-corrected chi connectivity index (χ4v) is 6.18. The number of fused-ring (bicyclic) bond motifs is 1. The highest BCUT2D eigenvalue weighted by Gasteiger charge is 2.32. The van der Waals surface area contributed by atoms with Crippen LogP contribution < -0.4 is 5.32 Å². The van der Waals surface area contributed by atoms with Crippen LogP contribution in [0.25, 0.3) is 0 Å². The van der Waals surface area contributed by atoms with Crippen molar-refractivity contribution in [3.63, 3.8) is 0 Å². The fourth-order valence-electron chi connectivity index (χ4n) is 6.18. The molecule has 2 aliphatic heterocycles. The lowest BCUT2D eigenvalue weighted by molar-refractivity contribution is 0.0708. The SMILES string of the molecule is O=C(c1ccc2c(c1)CCC(NC1CCCC1)C2)N1CCC[C@H]1CN1CCCC1. The number of benzene rings is 1. The molecular formula is C25H37N3O. The lowest BCUT2D eigenvalue weighted by Gasteiger charge is -2.30. The van der Waals surface area contributed by atoms with E-state index in [-0.39, 0.29) is 5.91 Å². The van der Waals surface area contributed by atoms with E-state index in [4.69, 9.17) is 0 Å². The second-order valence-corrected chi connectivity index (χ2v) is 9.87. The molecule has 2 heterocycles. The van der Waals surface area contributed by atoms with Gasteiger partial charge < -0.3 is 15.1 Å². The van der Waals surface area contributed by atoms with Crippen LogP contribution >= 0.6 is 0 Å². The molecular weight excluding hydrogens is 358 g/mol.